The lowest BCUT2D eigenvalue weighted by molar-refractivity contribution is 0.101. The number of carbonyl (C=O) groups is 1. The van der Waals surface area contributed by atoms with E-state index in [0.29, 0.717) is 33.7 Å². The van der Waals surface area contributed by atoms with Crippen LogP contribution in [0, 0.1) is 6.92 Å². The zero-order chi connectivity index (χ0) is 19.7. The van der Waals surface area contributed by atoms with Crippen LogP contribution in [0.1, 0.15) is 27.0 Å². The van der Waals surface area contributed by atoms with E-state index in [9.17, 15) is 4.79 Å². The number of benzene rings is 3. The minimum atomic E-state index is -0.133. The summed E-state index contributed by atoms with van der Waals surface area (Å²) in [4.78, 5) is 12.7. The van der Waals surface area contributed by atoms with Gasteiger partial charge in [-0.3, -0.25) is 4.79 Å². The van der Waals surface area contributed by atoms with E-state index in [0.717, 1.165) is 16.7 Å². The van der Waals surface area contributed by atoms with Gasteiger partial charge in [-0.2, -0.15) is 0 Å². The van der Waals surface area contributed by atoms with E-state index < -0.39 is 0 Å². The molecule has 0 fully saturated rings. The van der Waals surface area contributed by atoms with Crippen molar-refractivity contribution in [2.75, 3.05) is 0 Å². The normalized spacial score (nSPS) is 14.1. The highest BCUT2D eigenvalue weighted by Crippen LogP contribution is 2.37. The molecule has 0 saturated carbocycles. The second-order valence-electron chi connectivity index (χ2n) is 6.52. The summed E-state index contributed by atoms with van der Waals surface area (Å²) in [6, 6.07) is 18.3. The zero-order valence-corrected chi connectivity index (χ0v) is 16.6. The first-order valence-corrected chi connectivity index (χ1v) is 9.47. The Morgan fingerprint density at radius 1 is 0.964 bits per heavy atom. The molecule has 0 saturated heterocycles. The Bertz CT molecular complexity index is 1070. The second kappa shape index (κ2) is 7.70. The van der Waals surface area contributed by atoms with E-state index in [-0.39, 0.29) is 11.5 Å². The number of rotatable bonds is 4. The van der Waals surface area contributed by atoms with Crippen LogP contribution in [0.15, 0.2) is 66.4 Å². The fourth-order valence-electron chi connectivity index (χ4n) is 3.02. The molecule has 0 bridgehead atoms. The molecule has 0 radical (unpaired) electrons. The lowest BCUT2D eigenvalue weighted by Gasteiger charge is -2.09. The van der Waals surface area contributed by atoms with Gasteiger partial charge in [0.2, 0.25) is 5.78 Å². The minimum absolute atomic E-state index is 0.133. The number of halogens is 2. The SMILES string of the molecule is Cc1cc(OCc2ccc(Cl)cc2)cc2c1C(=O)/C(=C/c1ccc(Cl)cc1)O2. The third-order valence-electron chi connectivity index (χ3n) is 4.43. The van der Waals surface area contributed by atoms with Crippen LogP contribution < -0.4 is 9.47 Å². The van der Waals surface area contributed by atoms with Crippen molar-refractivity contribution < 1.29 is 14.3 Å². The molecular formula is C23H16Cl2O3. The predicted octanol–water partition coefficient (Wildman–Crippen LogP) is 6.50. The molecule has 1 aliphatic rings. The maximum atomic E-state index is 12.7. The number of aryl methyl sites for hydroxylation is 1. The number of carbonyl (C=O) groups excluding carboxylic acids is 1. The van der Waals surface area contributed by atoms with E-state index in [4.69, 9.17) is 32.7 Å². The number of hydrogen-bond acceptors (Lipinski definition) is 3. The van der Waals surface area contributed by atoms with Gasteiger partial charge in [0, 0.05) is 16.1 Å². The quantitative estimate of drug-likeness (QED) is 0.460. The van der Waals surface area contributed by atoms with Crippen LogP contribution in [0.4, 0.5) is 0 Å². The van der Waals surface area contributed by atoms with Gasteiger partial charge in [-0.05, 0) is 60.0 Å². The number of ketones is 1. The van der Waals surface area contributed by atoms with E-state index in [1.807, 2.05) is 49.4 Å². The fourth-order valence-corrected chi connectivity index (χ4v) is 3.27. The second-order valence-corrected chi connectivity index (χ2v) is 7.39. The molecule has 0 spiro atoms. The van der Waals surface area contributed by atoms with Crippen molar-refractivity contribution in [3.05, 3.63) is 98.7 Å². The van der Waals surface area contributed by atoms with Gasteiger partial charge in [0.1, 0.15) is 18.1 Å². The molecule has 3 aromatic carbocycles. The molecule has 4 rings (SSSR count). The zero-order valence-electron chi connectivity index (χ0n) is 15.0. The van der Waals surface area contributed by atoms with Crippen LogP contribution >= 0.6 is 23.2 Å². The van der Waals surface area contributed by atoms with Gasteiger partial charge >= 0.3 is 0 Å². The first-order valence-electron chi connectivity index (χ1n) is 8.71. The fraction of sp³-hybridized carbons (Fsp3) is 0.0870. The van der Waals surface area contributed by atoms with Gasteiger partial charge in [0.05, 0.1) is 5.56 Å². The van der Waals surface area contributed by atoms with Crippen molar-refractivity contribution in [3.8, 4) is 11.5 Å². The van der Waals surface area contributed by atoms with Crippen molar-refractivity contribution in [2.24, 2.45) is 0 Å². The Labute approximate surface area is 173 Å². The maximum Gasteiger partial charge on any atom is 0.232 e. The molecule has 3 aromatic rings. The highest BCUT2D eigenvalue weighted by molar-refractivity contribution is 6.30. The maximum absolute atomic E-state index is 12.7. The van der Waals surface area contributed by atoms with Crippen molar-refractivity contribution >= 4 is 35.1 Å². The average molecular weight is 411 g/mol. The Kier molecular flexibility index (Phi) is 5.12. The number of allylic oxidation sites excluding steroid dienone is 1. The van der Waals surface area contributed by atoms with Gasteiger partial charge in [-0.15, -0.1) is 0 Å². The van der Waals surface area contributed by atoms with Gasteiger partial charge in [-0.1, -0.05) is 47.5 Å². The summed E-state index contributed by atoms with van der Waals surface area (Å²) in [7, 11) is 0. The first-order chi connectivity index (χ1) is 13.5. The molecule has 140 valence electrons. The highest BCUT2D eigenvalue weighted by atomic mass is 35.5. The van der Waals surface area contributed by atoms with Gasteiger partial charge in [-0.25, -0.2) is 0 Å². The van der Waals surface area contributed by atoms with Crippen LogP contribution in [0.3, 0.4) is 0 Å². The van der Waals surface area contributed by atoms with Crippen molar-refractivity contribution in [1.82, 2.24) is 0 Å². The molecule has 0 aromatic heterocycles. The van der Waals surface area contributed by atoms with Crippen LogP contribution in [0.25, 0.3) is 6.08 Å². The molecule has 1 heterocycles. The first kappa shape index (κ1) is 18.6. The molecule has 0 N–H and O–H groups in total. The van der Waals surface area contributed by atoms with Gasteiger partial charge < -0.3 is 9.47 Å². The van der Waals surface area contributed by atoms with Crippen LogP contribution in [0.5, 0.6) is 11.5 Å². The lowest BCUT2D eigenvalue weighted by atomic mass is 10.0. The number of ether oxygens (including phenoxy) is 2. The number of fused-ring (bicyclic) bond motifs is 1. The summed E-state index contributed by atoms with van der Waals surface area (Å²) in [5, 5.41) is 1.33. The average Bonchev–Trinajstić information content (AvgIpc) is 2.99. The van der Waals surface area contributed by atoms with Crippen molar-refractivity contribution in [2.45, 2.75) is 13.5 Å². The Balaban J connectivity index is 1.55. The molecule has 0 amide bonds. The Morgan fingerprint density at radius 3 is 2.29 bits per heavy atom. The summed E-state index contributed by atoms with van der Waals surface area (Å²) in [5.41, 5.74) is 3.23. The molecular weight excluding hydrogens is 395 g/mol. The minimum Gasteiger partial charge on any atom is -0.489 e. The molecule has 3 nitrogen and oxygen atoms in total. The van der Waals surface area contributed by atoms with Gasteiger partial charge in [0.25, 0.3) is 0 Å². The summed E-state index contributed by atoms with van der Waals surface area (Å²) in [6.45, 7) is 2.28. The molecule has 28 heavy (non-hydrogen) atoms. The molecule has 0 unspecified atom stereocenters. The Morgan fingerprint density at radius 2 is 1.61 bits per heavy atom. The van der Waals surface area contributed by atoms with E-state index in [1.165, 1.54) is 0 Å². The third kappa shape index (κ3) is 3.91. The van der Waals surface area contributed by atoms with Crippen LogP contribution in [0.2, 0.25) is 10.0 Å². The topological polar surface area (TPSA) is 35.5 Å². The Hall–Kier alpha value is -2.75. The lowest BCUT2D eigenvalue weighted by Crippen LogP contribution is -2.00. The smallest absolute Gasteiger partial charge is 0.232 e. The van der Waals surface area contributed by atoms with Crippen LogP contribution in [-0.4, -0.2) is 5.78 Å². The third-order valence-corrected chi connectivity index (χ3v) is 4.93. The standard InChI is InChI=1S/C23H16Cl2O3/c1-14-10-19(27-13-16-4-8-18(25)9-5-16)12-20-22(14)23(26)21(28-20)11-15-2-6-17(24)7-3-15/h2-12H,13H2,1H3/b21-11-. The van der Waals surface area contributed by atoms with Crippen molar-refractivity contribution in [1.29, 1.82) is 0 Å². The molecule has 1 aliphatic heterocycles. The highest BCUT2D eigenvalue weighted by Gasteiger charge is 2.30. The number of hydrogen-bond donors (Lipinski definition) is 0. The van der Waals surface area contributed by atoms with Crippen LogP contribution in [-0.2, 0) is 6.61 Å². The molecule has 5 heteroatoms. The molecule has 0 aliphatic carbocycles. The summed E-state index contributed by atoms with van der Waals surface area (Å²) < 4.78 is 11.7. The van der Waals surface area contributed by atoms with Gasteiger partial charge in [0.15, 0.2) is 5.76 Å². The van der Waals surface area contributed by atoms with E-state index in [2.05, 4.69) is 0 Å². The molecule has 0 atom stereocenters. The summed E-state index contributed by atoms with van der Waals surface area (Å²) in [5.74, 6) is 1.31. The predicted molar refractivity (Wildman–Crippen MR) is 111 cm³/mol. The monoisotopic (exact) mass is 410 g/mol. The summed E-state index contributed by atoms with van der Waals surface area (Å²) >= 11 is 11.8. The summed E-state index contributed by atoms with van der Waals surface area (Å²) in [6.07, 6.45) is 1.71. The van der Waals surface area contributed by atoms with E-state index in [1.54, 1.807) is 24.3 Å². The van der Waals surface area contributed by atoms with E-state index >= 15 is 0 Å². The number of Topliss-reactive ketones (excluding diaryl/α,β-unsaturated/α-hetero) is 1. The van der Waals surface area contributed by atoms with Crippen molar-refractivity contribution in [3.63, 3.8) is 0 Å². The largest absolute Gasteiger partial charge is 0.489 e.